The second-order valence-electron chi connectivity index (χ2n) is 2.92. The fourth-order valence-electron chi connectivity index (χ4n) is 1.22. The summed E-state index contributed by atoms with van der Waals surface area (Å²) in [6.45, 7) is 0. The van der Waals surface area contributed by atoms with Crippen LogP contribution in [0, 0.1) is 5.82 Å². The highest BCUT2D eigenvalue weighted by atomic mass is 35.5. The first-order valence-electron chi connectivity index (χ1n) is 4.21. The van der Waals surface area contributed by atoms with E-state index in [-0.39, 0.29) is 5.95 Å². The van der Waals surface area contributed by atoms with Crippen LogP contribution < -0.4 is 5.73 Å². The van der Waals surface area contributed by atoms with Crippen molar-refractivity contribution in [1.82, 2.24) is 9.97 Å². The fraction of sp³-hybridized carbons (Fsp3) is 0. The molecule has 0 saturated heterocycles. The molecule has 1 aromatic carbocycles. The minimum atomic E-state index is -0.430. The third kappa shape index (κ3) is 2.05. The number of nitrogens with zero attached hydrogens (tertiary/aromatic N) is 2. The largest absolute Gasteiger partial charge is 0.368 e. The van der Waals surface area contributed by atoms with Crippen LogP contribution in [-0.2, 0) is 0 Å². The number of hydrogen-bond donors (Lipinski definition) is 1. The van der Waals surface area contributed by atoms with Gasteiger partial charge in [0.25, 0.3) is 0 Å². The van der Waals surface area contributed by atoms with Gasteiger partial charge in [0.1, 0.15) is 5.82 Å². The predicted molar refractivity (Wildman–Crippen MR) is 56.8 cm³/mol. The molecule has 1 aromatic heterocycles. The van der Waals surface area contributed by atoms with Crippen molar-refractivity contribution in [2.24, 2.45) is 0 Å². The number of halogens is 2. The highest BCUT2D eigenvalue weighted by Gasteiger charge is 2.07. The Hall–Kier alpha value is -1.68. The van der Waals surface area contributed by atoms with Crippen LogP contribution in [0.2, 0.25) is 5.02 Å². The normalized spacial score (nSPS) is 10.3. The summed E-state index contributed by atoms with van der Waals surface area (Å²) in [5, 5.41) is 0.346. The molecular formula is C10H7ClFN3. The van der Waals surface area contributed by atoms with Crippen molar-refractivity contribution in [3.63, 3.8) is 0 Å². The monoisotopic (exact) mass is 223 g/mol. The van der Waals surface area contributed by atoms with Gasteiger partial charge in [-0.05, 0) is 24.3 Å². The summed E-state index contributed by atoms with van der Waals surface area (Å²) < 4.78 is 13.5. The Morgan fingerprint density at radius 2 is 2.07 bits per heavy atom. The van der Waals surface area contributed by atoms with Crippen LogP contribution in [-0.4, -0.2) is 9.97 Å². The maximum atomic E-state index is 13.5. The van der Waals surface area contributed by atoms with Crippen LogP contribution in [0.1, 0.15) is 0 Å². The molecule has 0 amide bonds. The van der Waals surface area contributed by atoms with Crippen molar-refractivity contribution < 1.29 is 4.39 Å². The molecule has 0 saturated carbocycles. The molecule has 2 rings (SSSR count). The number of nitrogen functional groups attached to an aromatic ring is 1. The van der Waals surface area contributed by atoms with Crippen LogP contribution in [0.25, 0.3) is 11.3 Å². The van der Waals surface area contributed by atoms with E-state index in [1.165, 1.54) is 12.3 Å². The minimum absolute atomic E-state index is 0.113. The average Bonchev–Trinajstić information content (AvgIpc) is 2.17. The second-order valence-corrected chi connectivity index (χ2v) is 3.36. The van der Waals surface area contributed by atoms with Gasteiger partial charge in [0.2, 0.25) is 5.95 Å². The zero-order chi connectivity index (χ0) is 10.8. The minimum Gasteiger partial charge on any atom is -0.368 e. The Morgan fingerprint density at radius 3 is 2.73 bits per heavy atom. The molecule has 0 bridgehead atoms. The van der Waals surface area contributed by atoms with Crippen LogP contribution in [0.5, 0.6) is 0 Å². The molecule has 15 heavy (non-hydrogen) atoms. The Kier molecular flexibility index (Phi) is 2.51. The summed E-state index contributed by atoms with van der Waals surface area (Å²) in [6.07, 6.45) is 1.48. The number of hydrogen-bond acceptors (Lipinski definition) is 3. The SMILES string of the molecule is Nc1nccc(-c2ccc(Cl)cc2F)n1. The zero-order valence-corrected chi connectivity index (χ0v) is 8.37. The molecule has 0 atom stereocenters. The van der Waals surface area contributed by atoms with Gasteiger partial charge in [-0.15, -0.1) is 0 Å². The van der Waals surface area contributed by atoms with Gasteiger partial charge in [0.15, 0.2) is 0 Å². The summed E-state index contributed by atoms with van der Waals surface area (Å²) in [7, 11) is 0. The second kappa shape index (κ2) is 3.82. The quantitative estimate of drug-likeness (QED) is 0.808. The van der Waals surface area contributed by atoms with E-state index in [1.54, 1.807) is 18.2 Å². The molecular weight excluding hydrogens is 217 g/mol. The Morgan fingerprint density at radius 1 is 1.27 bits per heavy atom. The van der Waals surface area contributed by atoms with E-state index in [0.717, 1.165) is 0 Å². The van der Waals surface area contributed by atoms with E-state index in [4.69, 9.17) is 17.3 Å². The molecule has 5 heteroatoms. The predicted octanol–water partition coefficient (Wildman–Crippen LogP) is 2.52. The van der Waals surface area contributed by atoms with Gasteiger partial charge in [-0.3, -0.25) is 0 Å². The molecule has 0 aliphatic heterocycles. The number of rotatable bonds is 1. The molecule has 76 valence electrons. The topological polar surface area (TPSA) is 51.8 Å². The molecule has 0 radical (unpaired) electrons. The first kappa shape index (κ1) is 9.86. The van der Waals surface area contributed by atoms with E-state index in [9.17, 15) is 4.39 Å². The van der Waals surface area contributed by atoms with Gasteiger partial charge in [0.05, 0.1) is 5.69 Å². The van der Waals surface area contributed by atoms with E-state index >= 15 is 0 Å². The lowest BCUT2D eigenvalue weighted by Crippen LogP contribution is -1.96. The third-order valence-corrected chi connectivity index (χ3v) is 2.12. The maximum absolute atomic E-state index is 13.5. The summed E-state index contributed by atoms with van der Waals surface area (Å²) in [6, 6.07) is 5.97. The van der Waals surface area contributed by atoms with Crippen molar-refractivity contribution in [3.05, 3.63) is 41.3 Å². The number of aromatic nitrogens is 2. The fourth-order valence-corrected chi connectivity index (χ4v) is 1.38. The summed E-state index contributed by atoms with van der Waals surface area (Å²) in [5.74, 6) is -0.317. The van der Waals surface area contributed by atoms with Crippen molar-refractivity contribution >= 4 is 17.5 Å². The Labute approximate surface area is 90.7 Å². The summed E-state index contributed by atoms with van der Waals surface area (Å²) in [4.78, 5) is 7.65. The first-order valence-corrected chi connectivity index (χ1v) is 4.58. The van der Waals surface area contributed by atoms with E-state index in [0.29, 0.717) is 16.3 Å². The van der Waals surface area contributed by atoms with Gasteiger partial charge < -0.3 is 5.73 Å². The lowest BCUT2D eigenvalue weighted by Gasteiger charge is -2.02. The maximum Gasteiger partial charge on any atom is 0.220 e. The van der Waals surface area contributed by atoms with Crippen molar-refractivity contribution in [1.29, 1.82) is 0 Å². The molecule has 0 aliphatic carbocycles. The van der Waals surface area contributed by atoms with Crippen LogP contribution in [0.3, 0.4) is 0 Å². The molecule has 1 heterocycles. The van der Waals surface area contributed by atoms with E-state index in [1.807, 2.05) is 0 Å². The highest BCUT2D eigenvalue weighted by molar-refractivity contribution is 6.30. The molecule has 0 unspecified atom stereocenters. The smallest absolute Gasteiger partial charge is 0.220 e. The standard InChI is InChI=1S/C10H7ClFN3/c11-6-1-2-7(8(12)5-6)9-3-4-14-10(13)15-9/h1-5H,(H2,13,14,15). The highest BCUT2D eigenvalue weighted by Crippen LogP contribution is 2.23. The van der Waals surface area contributed by atoms with E-state index < -0.39 is 5.82 Å². The first-order chi connectivity index (χ1) is 7.16. The molecule has 2 N–H and O–H groups in total. The van der Waals surface area contributed by atoms with E-state index in [2.05, 4.69) is 9.97 Å². The van der Waals surface area contributed by atoms with Gasteiger partial charge in [-0.2, -0.15) is 0 Å². The van der Waals surface area contributed by atoms with Crippen LogP contribution in [0.4, 0.5) is 10.3 Å². The molecule has 0 spiro atoms. The molecule has 2 aromatic rings. The molecule has 0 aliphatic rings. The lowest BCUT2D eigenvalue weighted by molar-refractivity contribution is 0.631. The van der Waals surface area contributed by atoms with Gasteiger partial charge >= 0.3 is 0 Å². The van der Waals surface area contributed by atoms with Crippen molar-refractivity contribution in [2.75, 3.05) is 5.73 Å². The third-order valence-electron chi connectivity index (χ3n) is 1.88. The Bertz CT molecular complexity index is 502. The van der Waals surface area contributed by atoms with Gasteiger partial charge in [-0.1, -0.05) is 11.6 Å². The molecule has 0 fully saturated rings. The van der Waals surface area contributed by atoms with Crippen LogP contribution >= 0.6 is 11.6 Å². The zero-order valence-electron chi connectivity index (χ0n) is 7.61. The summed E-state index contributed by atoms with van der Waals surface area (Å²) in [5.41, 5.74) is 6.20. The van der Waals surface area contributed by atoms with Crippen molar-refractivity contribution in [3.8, 4) is 11.3 Å². The lowest BCUT2D eigenvalue weighted by atomic mass is 10.1. The summed E-state index contributed by atoms with van der Waals surface area (Å²) >= 11 is 5.64. The Balaban J connectivity index is 2.54. The molecule has 3 nitrogen and oxygen atoms in total. The van der Waals surface area contributed by atoms with Crippen LogP contribution in [0.15, 0.2) is 30.5 Å². The number of anilines is 1. The van der Waals surface area contributed by atoms with Gasteiger partial charge in [0, 0.05) is 16.8 Å². The van der Waals surface area contributed by atoms with Crippen molar-refractivity contribution in [2.45, 2.75) is 0 Å². The number of benzene rings is 1. The number of nitrogens with two attached hydrogens (primary N) is 1. The average molecular weight is 224 g/mol. The van der Waals surface area contributed by atoms with Gasteiger partial charge in [-0.25, -0.2) is 14.4 Å².